The van der Waals surface area contributed by atoms with Gasteiger partial charge in [-0.1, -0.05) is 6.42 Å². The van der Waals surface area contributed by atoms with Crippen molar-refractivity contribution in [1.82, 2.24) is 10.2 Å². The molecule has 2 N–H and O–H groups in total. The number of fused-ring (bicyclic) bond motifs is 2. The fourth-order valence-electron chi connectivity index (χ4n) is 4.47. The van der Waals surface area contributed by atoms with E-state index in [1.54, 1.807) is 11.0 Å². The molecule has 2 amide bonds. The Bertz CT molecular complexity index is 893. The van der Waals surface area contributed by atoms with E-state index < -0.39 is 11.4 Å². The highest BCUT2D eigenvalue weighted by Gasteiger charge is 2.55. The second kappa shape index (κ2) is 6.00. The van der Waals surface area contributed by atoms with Crippen LogP contribution in [0.1, 0.15) is 30.6 Å². The molecule has 4 rings (SSSR count). The van der Waals surface area contributed by atoms with E-state index in [-0.39, 0.29) is 30.9 Å². The molecule has 2 atom stereocenters. The van der Waals surface area contributed by atoms with Crippen LogP contribution in [-0.2, 0) is 11.3 Å². The number of carboxylic acid groups (broad SMARTS) is 1. The Balaban J connectivity index is 1.45. The summed E-state index contributed by atoms with van der Waals surface area (Å²) >= 11 is 0. The van der Waals surface area contributed by atoms with Gasteiger partial charge in [-0.3, -0.25) is 4.79 Å². The lowest BCUT2D eigenvalue weighted by Gasteiger charge is -2.23. The third-order valence-corrected chi connectivity index (χ3v) is 5.98. The average Bonchev–Trinajstić information content (AvgIpc) is 3.25. The quantitative estimate of drug-likeness (QED) is 0.880. The fourth-order valence-corrected chi connectivity index (χ4v) is 4.47. The van der Waals surface area contributed by atoms with E-state index in [4.69, 9.17) is 4.42 Å². The number of rotatable bonds is 3. The summed E-state index contributed by atoms with van der Waals surface area (Å²) in [7, 11) is 0. The predicted octanol–water partition coefficient (Wildman–Crippen LogP) is 3.28. The predicted molar refractivity (Wildman–Crippen MR) is 92.1 cm³/mol. The van der Waals surface area contributed by atoms with Crippen molar-refractivity contribution in [2.24, 2.45) is 11.3 Å². The van der Waals surface area contributed by atoms with Gasteiger partial charge in [0.1, 0.15) is 17.2 Å². The molecular formula is C19H21FN2O4. The first kappa shape index (κ1) is 16.9. The standard InChI is InChI=1S/C19H21FN2O4/c1-11-14-7-13(20)4-5-15(14)26-16(11)8-21-18(25)22-9-12-3-2-6-19(12,10-22)17(23)24/h4-5,7,12H,2-3,6,8-10H2,1H3,(H,21,25)(H,23,24)/t12-,19+/m0/s1. The number of amides is 2. The number of carbonyl (C=O) groups is 2. The van der Waals surface area contributed by atoms with E-state index >= 15 is 0 Å². The maximum absolute atomic E-state index is 13.4. The highest BCUT2D eigenvalue weighted by Crippen LogP contribution is 2.48. The van der Waals surface area contributed by atoms with Crippen LogP contribution in [0.4, 0.5) is 9.18 Å². The van der Waals surface area contributed by atoms with Gasteiger partial charge in [0.25, 0.3) is 0 Å². The molecule has 2 aromatic rings. The van der Waals surface area contributed by atoms with Crippen molar-refractivity contribution in [3.63, 3.8) is 0 Å². The van der Waals surface area contributed by atoms with E-state index in [0.29, 0.717) is 29.7 Å². The maximum atomic E-state index is 13.4. The highest BCUT2D eigenvalue weighted by molar-refractivity contribution is 5.83. The zero-order chi connectivity index (χ0) is 18.5. The molecule has 0 bridgehead atoms. The molecule has 1 aromatic carbocycles. The summed E-state index contributed by atoms with van der Waals surface area (Å²) in [4.78, 5) is 25.8. The number of urea groups is 1. The van der Waals surface area contributed by atoms with E-state index in [1.165, 1.54) is 12.1 Å². The van der Waals surface area contributed by atoms with Crippen molar-refractivity contribution in [2.75, 3.05) is 13.1 Å². The number of carbonyl (C=O) groups excluding carboxylic acids is 1. The first-order chi connectivity index (χ1) is 12.4. The van der Waals surface area contributed by atoms with E-state index in [2.05, 4.69) is 5.32 Å². The van der Waals surface area contributed by atoms with Crippen LogP contribution in [0.3, 0.4) is 0 Å². The van der Waals surface area contributed by atoms with Crippen LogP contribution in [0.25, 0.3) is 11.0 Å². The van der Waals surface area contributed by atoms with Crippen molar-refractivity contribution in [1.29, 1.82) is 0 Å². The van der Waals surface area contributed by atoms with Crippen molar-refractivity contribution >= 4 is 23.0 Å². The molecule has 1 aromatic heterocycles. The normalized spacial score (nSPS) is 24.8. The minimum atomic E-state index is -0.801. The third-order valence-electron chi connectivity index (χ3n) is 5.98. The second-order valence-corrected chi connectivity index (χ2v) is 7.38. The SMILES string of the molecule is Cc1c(CNC(=O)N2C[C@@H]3CCC[C@@]3(C(=O)O)C2)oc2ccc(F)cc12. The van der Waals surface area contributed by atoms with E-state index in [0.717, 1.165) is 18.4 Å². The number of aliphatic carboxylic acids is 1. The Labute approximate surface area is 150 Å². The van der Waals surface area contributed by atoms with Crippen molar-refractivity contribution in [2.45, 2.75) is 32.7 Å². The summed E-state index contributed by atoms with van der Waals surface area (Å²) in [5.41, 5.74) is 0.582. The monoisotopic (exact) mass is 360 g/mol. The van der Waals surface area contributed by atoms with Crippen LogP contribution in [0.15, 0.2) is 22.6 Å². The van der Waals surface area contributed by atoms with E-state index in [1.807, 2.05) is 6.92 Å². The smallest absolute Gasteiger partial charge is 0.317 e. The zero-order valence-electron chi connectivity index (χ0n) is 14.5. The first-order valence-electron chi connectivity index (χ1n) is 8.84. The maximum Gasteiger partial charge on any atom is 0.317 e. The Morgan fingerprint density at radius 1 is 1.46 bits per heavy atom. The number of hydrogen-bond acceptors (Lipinski definition) is 3. The molecular weight excluding hydrogens is 339 g/mol. The fraction of sp³-hybridized carbons (Fsp3) is 0.474. The van der Waals surface area contributed by atoms with Gasteiger partial charge >= 0.3 is 12.0 Å². The Morgan fingerprint density at radius 3 is 3.00 bits per heavy atom. The van der Waals surface area contributed by atoms with E-state index in [9.17, 15) is 19.1 Å². The Kier molecular flexibility index (Phi) is 3.89. The van der Waals surface area contributed by atoms with Gasteiger partial charge in [0.15, 0.2) is 0 Å². The lowest BCUT2D eigenvalue weighted by molar-refractivity contribution is -0.149. The average molecular weight is 360 g/mol. The Morgan fingerprint density at radius 2 is 2.27 bits per heavy atom. The third kappa shape index (κ3) is 2.53. The van der Waals surface area contributed by atoms with Crippen LogP contribution in [-0.4, -0.2) is 35.1 Å². The number of furan rings is 1. The van der Waals surface area contributed by atoms with Crippen molar-refractivity contribution in [3.05, 3.63) is 35.3 Å². The van der Waals surface area contributed by atoms with Crippen LogP contribution in [0.2, 0.25) is 0 Å². The molecule has 0 spiro atoms. The van der Waals surface area contributed by atoms with Crippen molar-refractivity contribution < 1.29 is 23.5 Å². The number of nitrogens with zero attached hydrogens (tertiary/aromatic N) is 1. The molecule has 0 unspecified atom stereocenters. The molecule has 2 aliphatic rings. The zero-order valence-corrected chi connectivity index (χ0v) is 14.5. The van der Waals surface area contributed by atoms with Gasteiger partial charge in [-0.05, 0) is 43.9 Å². The number of carboxylic acids is 1. The number of nitrogens with one attached hydrogen (secondary N) is 1. The summed E-state index contributed by atoms with van der Waals surface area (Å²) in [5, 5.41) is 13.1. The van der Waals surface area contributed by atoms with Gasteiger partial charge in [0.05, 0.1) is 12.0 Å². The van der Waals surface area contributed by atoms with Gasteiger partial charge in [0, 0.05) is 24.0 Å². The molecule has 1 aliphatic heterocycles. The molecule has 1 saturated heterocycles. The van der Waals surface area contributed by atoms with Crippen LogP contribution in [0, 0.1) is 24.1 Å². The molecule has 138 valence electrons. The largest absolute Gasteiger partial charge is 0.481 e. The number of halogens is 1. The summed E-state index contributed by atoms with van der Waals surface area (Å²) in [6.07, 6.45) is 2.39. The van der Waals surface area contributed by atoms with Crippen LogP contribution < -0.4 is 5.32 Å². The first-order valence-corrected chi connectivity index (χ1v) is 8.84. The minimum absolute atomic E-state index is 0.0293. The number of aryl methyl sites for hydroxylation is 1. The molecule has 2 fully saturated rings. The second-order valence-electron chi connectivity index (χ2n) is 7.38. The number of benzene rings is 1. The van der Waals surface area contributed by atoms with Crippen LogP contribution in [0.5, 0.6) is 0 Å². The van der Waals surface area contributed by atoms with Gasteiger partial charge in [-0.15, -0.1) is 0 Å². The van der Waals surface area contributed by atoms with Gasteiger partial charge in [-0.2, -0.15) is 0 Å². The number of likely N-dealkylation sites (tertiary alicyclic amines) is 1. The Hall–Kier alpha value is -2.57. The molecule has 7 heteroatoms. The molecule has 0 radical (unpaired) electrons. The lowest BCUT2D eigenvalue weighted by Crippen LogP contribution is -2.41. The molecule has 2 heterocycles. The van der Waals surface area contributed by atoms with Gasteiger partial charge in [-0.25, -0.2) is 9.18 Å². The summed E-state index contributed by atoms with van der Waals surface area (Å²) in [6.45, 7) is 2.74. The molecule has 26 heavy (non-hydrogen) atoms. The summed E-state index contributed by atoms with van der Waals surface area (Å²) in [6, 6.07) is 4.03. The lowest BCUT2D eigenvalue weighted by atomic mass is 9.81. The molecule has 1 saturated carbocycles. The minimum Gasteiger partial charge on any atom is -0.481 e. The molecule has 1 aliphatic carbocycles. The highest BCUT2D eigenvalue weighted by atomic mass is 19.1. The molecule has 6 nitrogen and oxygen atoms in total. The van der Waals surface area contributed by atoms with Crippen molar-refractivity contribution in [3.8, 4) is 0 Å². The summed E-state index contributed by atoms with van der Waals surface area (Å²) < 4.78 is 19.1. The number of hydrogen-bond donors (Lipinski definition) is 2. The summed E-state index contributed by atoms with van der Waals surface area (Å²) in [5.74, 6) is -0.530. The van der Waals surface area contributed by atoms with Gasteiger partial charge in [0.2, 0.25) is 0 Å². The van der Waals surface area contributed by atoms with Crippen LogP contribution >= 0.6 is 0 Å². The van der Waals surface area contributed by atoms with Gasteiger partial charge < -0.3 is 19.7 Å². The topological polar surface area (TPSA) is 82.8 Å².